The van der Waals surface area contributed by atoms with Gasteiger partial charge in [0, 0.05) is 42.6 Å². The van der Waals surface area contributed by atoms with Crippen molar-refractivity contribution in [2.45, 2.75) is 25.8 Å². The molecule has 0 atom stereocenters. The molecular formula is C20H21N3O5. The first-order valence-corrected chi connectivity index (χ1v) is 9.29. The summed E-state index contributed by atoms with van der Waals surface area (Å²) < 4.78 is 16.2. The van der Waals surface area contributed by atoms with Crippen LogP contribution in [0.4, 0.5) is 0 Å². The molecule has 4 heterocycles. The molecule has 8 nitrogen and oxygen atoms in total. The molecule has 0 aliphatic carbocycles. The van der Waals surface area contributed by atoms with E-state index in [1.165, 1.54) is 0 Å². The van der Waals surface area contributed by atoms with Crippen LogP contribution in [-0.4, -0.2) is 47.6 Å². The number of ether oxygens (including phenoxy) is 3. The lowest BCUT2D eigenvalue weighted by atomic mass is 10.1. The van der Waals surface area contributed by atoms with Gasteiger partial charge in [0.25, 0.3) is 0 Å². The van der Waals surface area contributed by atoms with Gasteiger partial charge in [0.15, 0.2) is 11.3 Å². The van der Waals surface area contributed by atoms with Crippen molar-refractivity contribution in [1.29, 1.82) is 0 Å². The van der Waals surface area contributed by atoms with Crippen molar-refractivity contribution in [3.63, 3.8) is 0 Å². The molecule has 4 rings (SSSR count). The van der Waals surface area contributed by atoms with E-state index in [0.29, 0.717) is 18.9 Å². The molecule has 0 spiro atoms. The topological polar surface area (TPSA) is 103 Å². The van der Waals surface area contributed by atoms with Gasteiger partial charge >= 0.3 is 5.97 Å². The molecule has 2 aromatic rings. The number of hydrogen-bond donors (Lipinski definition) is 2. The van der Waals surface area contributed by atoms with Crippen LogP contribution in [0.15, 0.2) is 41.7 Å². The van der Waals surface area contributed by atoms with Crippen LogP contribution < -0.4 is 5.32 Å². The molecular weight excluding hydrogens is 362 g/mol. The van der Waals surface area contributed by atoms with Crippen molar-refractivity contribution in [2.24, 2.45) is 0 Å². The Morgan fingerprint density at radius 1 is 1.43 bits per heavy atom. The maximum absolute atomic E-state index is 12.9. The Balaban J connectivity index is 1.64. The van der Waals surface area contributed by atoms with E-state index >= 15 is 0 Å². The summed E-state index contributed by atoms with van der Waals surface area (Å²) in [6, 6.07) is 3.78. The monoisotopic (exact) mass is 383 g/mol. The van der Waals surface area contributed by atoms with E-state index in [1.807, 2.05) is 12.1 Å². The van der Waals surface area contributed by atoms with Gasteiger partial charge < -0.3 is 24.5 Å². The Labute approximate surface area is 161 Å². The standard InChI is InChI=1S/C20H21N3O5/c1-2-27-20(25)16-17(24)15(28-19(16)23-13-5-8-26-9-6-13)10-12-11-22-18-14(12)4-3-7-21-18/h3-4,7,10-11,13,23H,2,5-6,8-9H2,1H3,(H,21,22). The SMILES string of the molecule is CCOC(=O)C1=C(NC2CCOCC2)OC(=Cc2c[nH]c3ncccc23)C1=O. The minimum atomic E-state index is -0.689. The molecule has 1 saturated heterocycles. The van der Waals surface area contributed by atoms with Crippen LogP contribution in [0.1, 0.15) is 25.3 Å². The summed E-state index contributed by atoms with van der Waals surface area (Å²) >= 11 is 0. The number of pyridine rings is 1. The van der Waals surface area contributed by atoms with Crippen LogP contribution in [0.2, 0.25) is 0 Å². The Morgan fingerprint density at radius 3 is 3.04 bits per heavy atom. The average molecular weight is 383 g/mol. The average Bonchev–Trinajstić information content (AvgIpc) is 3.24. The van der Waals surface area contributed by atoms with Crippen LogP contribution in [0.25, 0.3) is 17.1 Å². The molecule has 0 amide bonds. The highest BCUT2D eigenvalue weighted by molar-refractivity contribution is 6.26. The highest BCUT2D eigenvalue weighted by atomic mass is 16.5. The number of nitrogens with zero attached hydrogens (tertiary/aromatic N) is 1. The molecule has 2 aliphatic rings. The maximum atomic E-state index is 12.9. The first kappa shape index (κ1) is 18.2. The fraction of sp³-hybridized carbons (Fsp3) is 0.350. The van der Waals surface area contributed by atoms with Gasteiger partial charge in [0.2, 0.25) is 11.7 Å². The summed E-state index contributed by atoms with van der Waals surface area (Å²) in [5, 5.41) is 4.04. The Hall–Kier alpha value is -3.13. The number of rotatable bonds is 5. The lowest BCUT2D eigenvalue weighted by molar-refractivity contribution is -0.139. The van der Waals surface area contributed by atoms with Crippen molar-refractivity contribution in [3.05, 3.63) is 47.3 Å². The molecule has 0 aromatic carbocycles. The number of nitrogens with one attached hydrogen (secondary N) is 2. The summed E-state index contributed by atoms with van der Waals surface area (Å²) in [5.74, 6) is -0.959. The van der Waals surface area contributed by atoms with Gasteiger partial charge in [-0.25, -0.2) is 9.78 Å². The van der Waals surface area contributed by atoms with Gasteiger partial charge in [-0.3, -0.25) is 4.79 Å². The lowest BCUT2D eigenvalue weighted by Crippen LogP contribution is -2.35. The summed E-state index contributed by atoms with van der Waals surface area (Å²) in [5.41, 5.74) is 1.36. The molecule has 1 fully saturated rings. The number of aromatic nitrogens is 2. The highest BCUT2D eigenvalue weighted by Crippen LogP contribution is 2.29. The van der Waals surface area contributed by atoms with E-state index in [-0.39, 0.29) is 29.9 Å². The Morgan fingerprint density at radius 2 is 2.25 bits per heavy atom. The summed E-state index contributed by atoms with van der Waals surface area (Å²) in [7, 11) is 0. The van der Waals surface area contributed by atoms with Crippen LogP contribution >= 0.6 is 0 Å². The number of H-pyrrole nitrogens is 1. The van der Waals surface area contributed by atoms with Gasteiger partial charge in [-0.05, 0) is 38.0 Å². The molecule has 8 heteroatoms. The van der Waals surface area contributed by atoms with Crippen molar-refractivity contribution in [3.8, 4) is 0 Å². The number of fused-ring (bicyclic) bond motifs is 1. The van der Waals surface area contributed by atoms with E-state index in [1.54, 1.807) is 25.4 Å². The zero-order valence-electron chi connectivity index (χ0n) is 15.5. The van der Waals surface area contributed by atoms with Crippen LogP contribution in [-0.2, 0) is 23.8 Å². The molecule has 2 aliphatic heterocycles. The second kappa shape index (κ2) is 7.85. The molecule has 28 heavy (non-hydrogen) atoms. The largest absolute Gasteiger partial charge is 0.462 e. The van der Waals surface area contributed by atoms with E-state index in [9.17, 15) is 9.59 Å². The summed E-state index contributed by atoms with van der Waals surface area (Å²) in [6.07, 6.45) is 6.58. The number of ketones is 1. The zero-order chi connectivity index (χ0) is 19.5. The Kier molecular flexibility index (Phi) is 5.12. The minimum Gasteiger partial charge on any atom is -0.462 e. The highest BCUT2D eigenvalue weighted by Gasteiger charge is 2.37. The molecule has 0 unspecified atom stereocenters. The molecule has 146 valence electrons. The molecule has 0 bridgehead atoms. The van der Waals surface area contributed by atoms with Crippen molar-refractivity contribution in [1.82, 2.24) is 15.3 Å². The number of carbonyl (C=O) groups is 2. The normalized spacial score (nSPS) is 19.3. The number of carbonyl (C=O) groups excluding carboxylic acids is 2. The second-order valence-corrected chi connectivity index (χ2v) is 6.54. The van der Waals surface area contributed by atoms with Crippen molar-refractivity contribution < 1.29 is 23.8 Å². The van der Waals surface area contributed by atoms with Crippen LogP contribution in [0, 0.1) is 0 Å². The third-order valence-corrected chi connectivity index (χ3v) is 4.70. The maximum Gasteiger partial charge on any atom is 0.347 e. The lowest BCUT2D eigenvalue weighted by Gasteiger charge is -2.24. The van der Waals surface area contributed by atoms with E-state index in [4.69, 9.17) is 14.2 Å². The van der Waals surface area contributed by atoms with Gasteiger partial charge in [-0.1, -0.05) is 0 Å². The van der Waals surface area contributed by atoms with E-state index in [0.717, 1.165) is 23.8 Å². The van der Waals surface area contributed by atoms with Crippen molar-refractivity contribution >= 4 is 28.9 Å². The van der Waals surface area contributed by atoms with Crippen LogP contribution in [0.5, 0.6) is 0 Å². The fourth-order valence-corrected chi connectivity index (χ4v) is 3.28. The zero-order valence-corrected chi connectivity index (χ0v) is 15.5. The second-order valence-electron chi connectivity index (χ2n) is 6.54. The van der Waals surface area contributed by atoms with Gasteiger partial charge in [-0.2, -0.15) is 0 Å². The minimum absolute atomic E-state index is 0.0672. The quantitative estimate of drug-likeness (QED) is 0.463. The smallest absolute Gasteiger partial charge is 0.347 e. The third-order valence-electron chi connectivity index (χ3n) is 4.70. The van der Waals surface area contributed by atoms with E-state index < -0.39 is 11.8 Å². The first-order chi connectivity index (χ1) is 13.7. The molecule has 2 N–H and O–H groups in total. The van der Waals surface area contributed by atoms with Crippen LogP contribution in [0.3, 0.4) is 0 Å². The predicted octanol–water partition coefficient (Wildman–Crippen LogP) is 2.05. The summed E-state index contributed by atoms with van der Waals surface area (Å²) in [6.45, 7) is 3.12. The number of aromatic amines is 1. The molecule has 0 saturated carbocycles. The van der Waals surface area contributed by atoms with Gasteiger partial charge in [-0.15, -0.1) is 0 Å². The first-order valence-electron chi connectivity index (χ1n) is 9.29. The molecule has 2 aromatic heterocycles. The van der Waals surface area contributed by atoms with Crippen molar-refractivity contribution in [2.75, 3.05) is 19.8 Å². The number of Topliss-reactive ketones (excluding diaryl/α,β-unsaturated/α-hetero) is 1. The number of esters is 1. The predicted molar refractivity (Wildman–Crippen MR) is 101 cm³/mol. The fourth-order valence-electron chi connectivity index (χ4n) is 3.28. The number of allylic oxidation sites excluding steroid dienone is 1. The third kappa shape index (κ3) is 3.50. The van der Waals surface area contributed by atoms with Gasteiger partial charge in [0.1, 0.15) is 5.65 Å². The van der Waals surface area contributed by atoms with E-state index in [2.05, 4.69) is 15.3 Å². The van der Waals surface area contributed by atoms with Gasteiger partial charge in [0.05, 0.1) is 6.61 Å². The summed E-state index contributed by atoms with van der Waals surface area (Å²) in [4.78, 5) is 32.6. The number of hydrogen-bond acceptors (Lipinski definition) is 7. The Bertz CT molecular complexity index is 969. The molecule has 0 radical (unpaired) electrons.